The van der Waals surface area contributed by atoms with Gasteiger partial charge in [-0.05, 0) is 61.8 Å². The Morgan fingerprint density at radius 3 is 2.92 bits per heavy atom. The molecule has 0 bridgehead atoms. The Kier molecular flexibility index (Phi) is 4.61. The topological polar surface area (TPSA) is 72.5 Å². The van der Waals surface area contributed by atoms with Crippen LogP contribution in [0.4, 0.5) is 5.82 Å². The molecule has 1 saturated heterocycles. The predicted molar refractivity (Wildman–Crippen MR) is 99.3 cm³/mol. The summed E-state index contributed by atoms with van der Waals surface area (Å²) in [5, 5.41) is 6.20. The summed E-state index contributed by atoms with van der Waals surface area (Å²) in [6.07, 6.45) is 2.23. The summed E-state index contributed by atoms with van der Waals surface area (Å²) in [5.74, 6) is 1.36. The van der Waals surface area contributed by atoms with E-state index >= 15 is 0 Å². The smallest absolute Gasteiger partial charge is 0.257 e. The standard InChI is InChI=1S/C20H23N3O3/c1-25-20(8-10-21-11-9-20)19(24)23-18-4-2-3-16(22-18)14-5-6-17-15(13-14)7-12-26-17/h2-6,13,21H,7-12H2,1H3,(H,22,23,24). The van der Waals surface area contributed by atoms with Crippen molar-refractivity contribution in [1.29, 1.82) is 0 Å². The lowest BCUT2D eigenvalue weighted by atomic mass is 9.91. The Balaban J connectivity index is 1.55. The van der Waals surface area contributed by atoms with Crippen LogP contribution in [0.5, 0.6) is 5.75 Å². The van der Waals surface area contributed by atoms with Gasteiger partial charge < -0.3 is 20.1 Å². The van der Waals surface area contributed by atoms with E-state index in [1.807, 2.05) is 30.3 Å². The Hall–Kier alpha value is -2.44. The third-order valence-electron chi connectivity index (χ3n) is 5.19. The minimum Gasteiger partial charge on any atom is -0.493 e. The van der Waals surface area contributed by atoms with Crippen molar-refractivity contribution in [3.63, 3.8) is 0 Å². The van der Waals surface area contributed by atoms with E-state index in [1.165, 1.54) is 5.56 Å². The molecule has 2 aliphatic heterocycles. The van der Waals surface area contributed by atoms with E-state index in [1.54, 1.807) is 7.11 Å². The number of hydrogen-bond donors (Lipinski definition) is 2. The third kappa shape index (κ3) is 3.18. The second-order valence-corrected chi connectivity index (χ2v) is 6.73. The minimum atomic E-state index is -0.784. The number of nitrogens with zero attached hydrogens (tertiary/aromatic N) is 1. The molecular formula is C20H23N3O3. The maximum absolute atomic E-state index is 12.8. The monoisotopic (exact) mass is 353 g/mol. The van der Waals surface area contributed by atoms with Crippen LogP contribution in [0.2, 0.25) is 0 Å². The summed E-state index contributed by atoms with van der Waals surface area (Å²) in [4.78, 5) is 17.4. The van der Waals surface area contributed by atoms with Crippen LogP contribution in [-0.2, 0) is 16.0 Å². The molecule has 136 valence electrons. The van der Waals surface area contributed by atoms with Crippen LogP contribution in [0, 0.1) is 0 Å². The lowest BCUT2D eigenvalue weighted by Gasteiger charge is -2.34. The number of carbonyl (C=O) groups excluding carboxylic acids is 1. The molecule has 2 N–H and O–H groups in total. The molecule has 2 aliphatic rings. The van der Waals surface area contributed by atoms with Gasteiger partial charge in [-0.2, -0.15) is 0 Å². The van der Waals surface area contributed by atoms with Crippen molar-refractivity contribution in [2.24, 2.45) is 0 Å². The van der Waals surface area contributed by atoms with E-state index < -0.39 is 5.60 Å². The molecule has 1 amide bonds. The number of amides is 1. The van der Waals surface area contributed by atoms with Gasteiger partial charge in [0.25, 0.3) is 5.91 Å². The number of piperidine rings is 1. The number of fused-ring (bicyclic) bond motifs is 1. The van der Waals surface area contributed by atoms with Crippen molar-refractivity contribution in [3.8, 4) is 17.0 Å². The van der Waals surface area contributed by atoms with Crippen molar-refractivity contribution in [2.75, 3.05) is 32.1 Å². The molecule has 0 atom stereocenters. The first kappa shape index (κ1) is 17.0. The zero-order valence-electron chi connectivity index (χ0n) is 14.9. The number of hydrogen-bond acceptors (Lipinski definition) is 5. The zero-order valence-corrected chi connectivity index (χ0v) is 14.9. The molecule has 0 saturated carbocycles. The zero-order chi connectivity index (χ0) is 18.0. The van der Waals surface area contributed by atoms with E-state index in [2.05, 4.69) is 21.7 Å². The third-order valence-corrected chi connectivity index (χ3v) is 5.19. The molecule has 0 aliphatic carbocycles. The fourth-order valence-corrected chi connectivity index (χ4v) is 3.60. The number of ether oxygens (including phenoxy) is 2. The first-order valence-corrected chi connectivity index (χ1v) is 9.01. The summed E-state index contributed by atoms with van der Waals surface area (Å²) >= 11 is 0. The number of nitrogens with one attached hydrogen (secondary N) is 2. The van der Waals surface area contributed by atoms with Crippen LogP contribution in [0.3, 0.4) is 0 Å². The lowest BCUT2D eigenvalue weighted by molar-refractivity contribution is -0.140. The van der Waals surface area contributed by atoms with E-state index in [4.69, 9.17) is 9.47 Å². The summed E-state index contributed by atoms with van der Waals surface area (Å²) in [6.45, 7) is 2.27. The quantitative estimate of drug-likeness (QED) is 0.883. The van der Waals surface area contributed by atoms with Gasteiger partial charge in [0.2, 0.25) is 0 Å². The van der Waals surface area contributed by atoms with E-state index in [0.717, 1.165) is 43.1 Å². The molecular weight excluding hydrogens is 330 g/mol. The number of benzene rings is 1. The van der Waals surface area contributed by atoms with Crippen LogP contribution < -0.4 is 15.4 Å². The molecule has 1 aromatic carbocycles. The molecule has 0 unspecified atom stereocenters. The predicted octanol–water partition coefficient (Wildman–Crippen LogP) is 2.39. The highest BCUT2D eigenvalue weighted by molar-refractivity contribution is 5.97. The van der Waals surface area contributed by atoms with Crippen LogP contribution in [0.15, 0.2) is 36.4 Å². The molecule has 1 fully saturated rings. The highest BCUT2D eigenvalue weighted by atomic mass is 16.5. The van der Waals surface area contributed by atoms with Gasteiger partial charge in [-0.3, -0.25) is 4.79 Å². The Morgan fingerprint density at radius 1 is 1.27 bits per heavy atom. The van der Waals surface area contributed by atoms with Crippen molar-refractivity contribution in [3.05, 3.63) is 42.0 Å². The lowest BCUT2D eigenvalue weighted by Crippen LogP contribution is -2.51. The van der Waals surface area contributed by atoms with Crippen molar-refractivity contribution < 1.29 is 14.3 Å². The molecule has 0 radical (unpaired) electrons. The summed E-state index contributed by atoms with van der Waals surface area (Å²) in [7, 11) is 1.60. The van der Waals surface area contributed by atoms with Gasteiger partial charge in [-0.1, -0.05) is 6.07 Å². The number of aromatic nitrogens is 1. The normalized spacial score (nSPS) is 18.0. The van der Waals surface area contributed by atoms with Gasteiger partial charge in [0.15, 0.2) is 0 Å². The second kappa shape index (κ2) is 7.05. The number of anilines is 1. The molecule has 1 aromatic heterocycles. The highest BCUT2D eigenvalue weighted by Crippen LogP contribution is 2.30. The van der Waals surface area contributed by atoms with Crippen molar-refractivity contribution in [1.82, 2.24) is 10.3 Å². The fourth-order valence-electron chi connectivity index (χ4n) is 3.60. The number of rotatable bonds is 4. The number of carbonyl (C=O) groups is 1. The van der Waals surface area contributed by atoms with Gasteiger partial charge in [0, 0.05) is 19.1 Å². The van der Waals surface area contributed by atoms with E-state index in [0.29, 0.717) is 18.7 Å². The fraction of sp³-hybridized carbons (Fsp3) is 0.400. The number of methoxy groups -OCH3 is 1. The minimum absolute atomic E-state index is 0.131. The largest absolute Gasteiger partial charge is 0.493 e. The van der Waals surface area contributed by atoms with Crippen LogP contribution in [-0.4, -0.2) is 43.3 Å². The SMILES string of the molecule is COC1(C(=O)Nc2cccc(-c3ccc4c(c3)CCO4)n2)CCNCC1. The first-order valence-electron chi connectivity index (χ1n) is 9.01. The van der Waals surface area contributed by atoms with Crippen molar-refractivity contribution in [2.45, 2.75) is 24.9 Å². The summed E-state index contributed by atoms with van der Waals surface area (Å²) in [6, 6.07) is 11.8. The van der Waals surface area contributed by atoms with E-state index in [9.17, 15) is 4.79 Å². The maximum atomic E-state index is 12.8. The van der Waals surface area contributed by atoms with E-state index in [-0.39, 0.29) is 5.91 Å². The van der Waals surface area contributed by atoms with Crippen LogP contribution >= 0.6 is 0 Å². The molecule has 3 heterocycles. The molecule has 6 nitrogen and oxygen atoms in total. The summed E-state index contributed by atoms with van der Waals surface area (Å²) < 4.78 is 11.1. The van der Waals surface area contributed by atoms with Gasteiger partial charge in [-0.25, -0.2) is 4.98 Å². The Labute approximate surface area is 152 Å². The molecule has 4 rings (SSSR count). The Bertz CT molecular complexity index is 816. The van der Waals surface area contributed by atoms with Gasteiger partial charge in [-0.15, -0.1) is 0 Å². The molecule has 0 spiro atoms. The average Bonchev–Trinajstić information content (AvgIpc) is 3.16. The van der Waals surface area contributed by atoms with Crippen LogP contribution in [0.1, 0.15) is 18.4 Å². The van der Waals surface area contributed by atoms with Crippen LogP contribution in [0.25, 0.3) is 11.3 Å². The molecule has 6 heteroatoms. The molecule has 2 aromatic rings. The second-order valence-electron chi connectivity index (χ2n) is 6.73. The molecule has 26 heavy (non-hydrogen) atoms. The summed E-state index contributed by atoms with van der Waals surface area (Å²) in [5.41, 5.74) is 2.27. The van der Waals surface area contributed by atoms with Gasteiger partial charge >= 0.3 is 0 Å². The van der Waals surface area contributed by atoms with Crippen molar-refractivity contribution >= 4 is 11.7 Å². The maximum Gasteiger partial charge on any atom is 0.257 e. The highest BCUT2D eigenvalue weighted by Gasteiger charge is 2.39. The van der Waals surface area contributed by atoms with Gasteiger partial charge in [0.1, 0.15) is 17.2 Å². The van der Waals surface area contributed by atoms with Gasteiger partial charge in [0.05, 0.1) is 12.3 Å². The first-order chi connectivity index (χ1) is 12.7. The Morgan fingerprint density at radius 2 is 2.12 bits per heavy atom. The average molecular weight is 353 g/mol. The number of pyridine rings is 1.